The number of aromatic amines is 1. The fourth-order valence-corrected chi connectivity index (χ4v) is 2.52. The zero-order valence-corrected chi connectivity index (χ0v) is 9.62. The highest BCUT2D eigenvalue weighted by Crippen LogP contribution is 2.26. The molecule has 1 amide bonds. The summed E-state index contributed by atoms with van der Waals surface area (Å²) in [4.78, 5) is 19.3. The van der Waals surface area contributed by atoms with Crippen LogP contribution in [0.4, 0.5) is 0 Å². The van der Waals surface area contributed by atoms with Crippen LogP contribution in [0.3, 0.4) is 0 Å². The molecular formula is C12H9N3OS. The number of thiophene rings is 1. The number of carbonyl (C=O) groups excluding carboxylic acids is 1. The van der Waals surface area contributed by atoms with E-state index in [0.717, 1.165) is 16.9 Å². The summed E-state index contributed by atoms with van der Waals surface area (Å²) in [6, 6.07) is 9.76. The molecule has 0 fully saturated rings. The van der Waals surface area contributed by atoms with Gasteiger partial charge in [-0.25, -0.2) is 4.98 Å². The Kier molecular flexibility index (Phi) is 2.19. The Balaban J connectivity index is 2.18. The number of fused-ring (bicyclic) bond motifs is 1. The van der Waals surface area contributed by atoms with Crippen molar-refractivity contribution < 1.29 is 4.79 Å². The maximum atomic E-state index is 11.2. The molecule has 0 saturated heterocycles. The van der Waals surface area contributed by atoms with Gasteiger partial charge in [0.1, 0.15) is 16.2 Å². The molecule has 0 aliphatic carbocycles. The average molecular weight is 243 g/mol. The van der Waals surface area contributed by atoms with Crippen LogP contribution in [0.15, 0.2) is 35.7 Å². The third-order valence-electron chi connectivity index (χ3n) is 2.51. The van der Waals surface area contributed by atoms with Crippen molar-refractivity contribution in [3.05, 3.63) is 40.6 Å². The number of aromatic nitrogens is 2. The van der Waals surface area contributed by atoms with E-state index in [-0.39, 0.29) is 0 Å². The van der Waals surface area contributed by atoms with E-state index in [1.165, 1.54) is 11.3 Å². The lowest BCUT2D eigenvalue weighted by Crippen LogP contribution is -2.08. The first-order chi connectivity index (χ1) is 8.25. The van der Waals surface area contributed by atoms with Crippen LogP contribution in [0.2, 0.25) is 0 Å². The number of benzene rings is 1. The summed E-state index contributed by atoms with van der Waals surface area (Å²) in [6.45, 7) is 0. The summed E-state index contributed by atoms with van der Waals surface area (Å²) in [7, 11) is 0. The van der Waals surface area contributed by atoms with E-state index >= 15 is 0 Å². The van der Waals surface area contributed by atoms with Gasteiger partial charge in [0, 0.05) is 10.9 Å². The van der Waals surface area contributed by atoms with Crippen molar-refractivity contribution in [2.24, 2.45) is 5.73 Å². The maximum absolute atomic E-state index is 11.2. The van der Waals surface area contributed by atoms with Gasteiger partial charge in [0.05, 0.1) is 5.52 Å². The minimum Gasteiger partial charge on any atom is -0.365 e. The van der Waals surface area contributed by atoms with Crippen molar-refractivity contribution in [3.63, 3.8) is 0 Å². The standard InChI is InChI=1S/C12H9N3OS/c13-11(16)10-9-8(6-17-10)14-12(15-9)7-4-2-1-3-5-7/h1-6H,(H2,13,16)(H,14,15). The fraction of sp³-hybridized carbons (Fsp3) is 0. The lowest BCUT2D eigenvalue weighted by atomic mass is 10.2. The molecule has 1 aromatic carbocycles. The van der Waals surface area contributed by atoms with Crippen molar-refractivity contribution in [2.75, 3.05) is 0 Å². The lowest BCUT2D eigenvalue weighted by molar-refractivity contribution is 0.101. The number of primary amides is 1. The molecule has 0 aliphatic heterocycles. The number of amides is 1. The van der Waals surface area contributed by atoms with E-state index in [9.17, 15) is 4.79 Å². The number of rotatable bonds is 2. The zero-order chi connectivity index (χ0) is 11.8. The van der Waals surface area contributed by atoms with E-state index in [0.29, 0.717) is 10.4 Å². The number of nitrogens with zero attached hydrogens (tertiary/aromatic N) is 1. The van der Waals surface area contributed by atoms with Crippen LogP contribution in [0.5, 0.6) is 0 Å². The summed E-state index contributed by atoms with van der Waals surface area (Å²) in [5.74, 6) is 0.321. The first-order valence-electron chi connectivity index (χ1n) is 5.08. The molecule has 2 heterocycles. The Morgan fingerprint density at radius 3 is 2.76 bits per heavy atom. The van der Waals surface area contributed by atoms with Crippen molar-refractivity contribution in [2.45, 2.75) is 0 Å². The third kappa shape index (κ3) is 1.60. The van der Waals surface area contributed by atoms with Gasteiger partial charge in [0.2, 0.25) is 0 Å². The molecule has 84 valence electrons. The molecule has 4 nitrogen and oxygen atoms in total. The Hall–Kier alpha value is -2.14. The second-order valence-corrected chi connectivity index (χ2v) is 4.52. The Bertz CT molecular complexity index is 684. The Labute approximate surface area is 101 Å². The lowest BCUT2D eigenvalue weighted by Gasteiger charge is -1.94. The van der Waals surface area contributed by atoms with Gasteiger partial charge in [-0.3, -0.25) is 4.79 Å². The molecule has 0 atom stereocenters. The average Bonchev–Trinajstić information content (AvgIpc) is 2.88. The number of nitrogens with two attached hydrogens (primary N) is 1. The van der Waals surface area contributed by atoms with Crippen LogP contribution in [0, 0.1) is 0 Å². The van der Waals surface area contributed by atoms with E-state index in [1.807, 2.05) is 35.7 Å². The van der Waals surface area contributed by atoms with Gasteiger partial charge in [-0.2, -0.15) is 0 Å². The van der Waals surface area contributed by atoms with Gasteiger partial charge < -0.3 is 10.7 Å². The fourth-order valence-electron chi connectivity index (χ4n) is 1.73. The molecule has 0 aliphatic rings. The SMILES string of the molecule is NC(=O)c1scc2[nH]c(-c3ccccc3)nc12. The monoisotopic (exact) mass is 243 g/mol. The van der Waals surface area contributed by atoms with Crippen molar-refractivity contribution >= 4 is 28.3 Å². The molecule has 0 saturated carbocycles. The summed E-state index contributed by atoms with van der Waals surface area (Å²) in [5, 5.41) is 1.86. The normalized spacial score (nSPS) is 10.8. The highest BCUT2D eigenvalue weighted by atomic mass is 32.1. The van der Waals surface area contributed by atoms with E-state index in [4.69, 9.17) is 5.73 Å². The van der Waals surface area contributed by atoms with E-state index in [1.54, 1.807) is 0 Å². The van der Waals surface area contributed by atoms with Crippen LogP contribution in [0.1, 0.15) is 9.67 Å². The van der Waals surface area contributed by atoms with Crippen molar-refractivity contribution in [1.29, 1.82) is 0 Å². The zero-order valence-electron chi connectivity index (χ0n) is 8.81. The Morgan fingerprint density at radius 2 is 2.06 bits per heavy atom. The third-order valence-corrected chi connectivity index (χ3v) is 3.50. The van der Waals surface area contributed by atoms with Crippen molar-refractivity contribution in [3.8, 4) is 11.4 Å². The number of hydrogen-bond acceptors (Lipinski definition) is 3. The highest BCUT2D eigenvalue weighted by molar-refractivity contribution is 7.13. The van der Waals surface area contributed by atoms with Gasteiger partial charge >= 0.3 is 0 Å². The summed E-state index contributed by atoms with van der Waals surface area (Å²) in [5.41, 5.74) is 7.78. The van der Waals surface area contributed by atoms with Gasteiger partial charge in [-0.15, -0.1) is 11.3 Å². The van der Waals surface area contributed by atoms with Crippen LogP contribution in [-0.2, 0) is 0 Å². The second-order valence-electron chi connectivity index (χ2n) is 3.64. The smallest absolute Gasteiger partial charge is 0.261 e. The van der Waals surface area contributed by atoms with Crippen LogP contribution in [0.25, 0.3) is 22.4 Å². The highest BCUT2D eigenvalue weighted by Gasteiger charge is 2.14. The molecule has 5 heteroatoms. The van der Waals surface area contributed by atoms with Crippen molar-refractivity contribution in [1.82, 2.24) is 9.97 Å². The first-order valence-corrected chi connectivity index (χ1v) is 5.96. The van der Waals surface area contributed by atoms with Gasteiger partial charge in [0.25, 0.3) is 5.91 Å². The summed E-state index contributed by atoms with van der Waals surface area (Å²) in [6.07, 6.45) is 0. The molecule has 17 heavy (non-hydrogen) atoms. The molecule has 0 bridgehead atoms. The van der Waals surface area contributed by atoms with Gasteiger partial charge in [0.15, 0.2) is 0 Å². The number of carbonyl (C=O) groups is 1. The predicted molar refractivity (Wildman–Crippen MR) is 67.9 cm³/mol. The number of imidazole rings is 1. The second kappa shape index (κ2) is 3.71. The Morgan fingerprint density at radius 1 is 1.29 bits per heavy atom. The molecule has 3 rings (SSSR count). The topological polar surface area (TPSA) is 71.8 Å². The molecular weight excluding hydrogens is 234 g/mol. The maximum Gasteiger partial charge on any atom is 0.261 e. The number of H-pyrrole nitrogens is 1. The number of nitrogens with one attached hydrogen (secondary N) is 1. The number of hydrogen-bond donors (Lipinski definition) is 2. The van der Waals surface area contributed by atoms with Gasteiger partial charge in [-0.05, 0) is 0 Å². The predicted octanol–water partition coefficient (Wildman–Crippen LogP) is 2.39. The minimum atomic E-state index is -0.434. The van der Waals surface area contributed by atoms with Crippen LogP contribution < -0.4 is 5.73 Å². The molecule has 3 aromatic rings. The largest absolute Gasteiger partial charge is 0.365 e. The molecule has 3 N–H and O–H groups in total. The van der Waals surface area contributed by atoms with Gasteiger partial charge in [-0.1, -0.05) is 30.3 Å². The molecule has 0 radical (unpaired) electrons. The minimum absolute atomic E-state index is 0.434. The molecule has 0 spiro atoms. The summed E-state index contributed by atoms with van der Waals surface area (Å²) < 4.78 is 0. The summed E-state index contributed by atoms with van der Waals surface area (Å²) >= 11 is 1.31. The molecule has 2 aromatic heterocycles. The first kappa shape index (κ1) is 10.0. The van der Waals surface area contributed by atoms with Crippen LogP contribution in [-0.4, -0.2) is 15.9 Å². The van der Waals surface area contributed by atoms with E-state index in [2.05, 4.69) is 9.97 Å². The quantitative estimate of drug-likeness (QED) is 0.725. The van der Waals surface area contributed by atoms with E-state index < -0.39 is 5.91 Å². The van der Waals surface area contributed by atoms with Crippen LogP contribution >= 0.6 is 11.3 Å². The molecule has 0 unspecified atom stereocenters.